The lowest BCUT2D eigenvalue weighted by Crippen LogP contribution is -2.65. The van der Waals surface area contributed by atoms with Crippen LogP contribution in [0.25, 0.3) is 0 Å². The number of aliphatic hydroxyl groups is 1. The summed E-state index contributed by atoms with van der Waals surface area (Å²) in [7, 11) is 1.49. The predicted molar refractivity (Wildman–Crippen MR) is 122 cm³/mol. The molecular formula is C23H22ClF3N4O5. The second-order valence-corrected chi connectivity index (χ2v) is 8.55. The summed E-state index contributed by atoms with van der Waals surface area (Å²) in [6.07, 6.45) is -5.60. The van der Waals surface area contributed by atoms with Crippen LogP contribution in [0.4, 0.5) is 18.0 Å². The molecule has 4 rings (SSSR count). The first kappa shape index (κ1) is 25.6. The topological polar surface area (TPSA) is 94.9 Å². The van der Waals surface area contributed by atoms with Crippen LogP contribution >= 0.6 is 11.6 Å². The zero-order valence-electron chi connectivity index (χ0n) is 19.0. The van der Waals surface area contributed by atoms with Crippen molar-refractivity contribution in [2.24, 2.45) is 4.99 Å². The van der Waals surface area contributed by atoms with Gasteiger partial charge in [-0.2, -0.15) is 0 Å². The molecule has 9 nitrogen and oxygen atoms in total. The molecule has 2 heterocycles. The highest BCUT2D eigenvalue weighted by molar-refractivity contribution is 6.30. The average Bonchev–Trinajstić information content (AvgIpc) is 3.16. The Bertz CT molecular complexity index is 1160. The van der Waals surface area contributed by atoms with E-state index in [1.807, 2.05) is 0 Å². The van der Waals surface area contributed by atoms with Gasteiger partial charge in [-0.3, -0.25) is 9.69 Å². The third-order valence-electron chi connectivity index (χ3n) is 5.61. The Balaban J connectivity index is 1.66. The number of rotatable bonds is 7. The highest BCUT2D eigenvalue weighted by Crippen LogP contribution is 2.32. The van der Waals surface area contributed by atoms with E-state index >= 15 is 0 Å². The van der Waals surface area contributed by atoms with Crippen LogP contribution < -0.4 is 9.47 Å². The number of halogens is 4. The number of carbonyl (C=O) groups is 2. The van der Waals surface area contributed by atoms with Gasteiger partial charge in [-0.1, -0.05) is 29.8 Å². The van der Waals surface area contributed by atoms with Gasteiger partial charge in [-0.25, -0.2) is 9.79 Å². The Kier molecular flexibility index (Phi) is 7.27. The van der Waals surface area contributed by atoms with Gasteiger partial charge in [-0.05, 0) is 36.2 Å². The molecule has 0 aromatic heterocycles. The number of benzene rings is 2. The fourth-order valence-corrected chi connectivity index (χ4v) is 4.09. The number of fused-ring (bicyclic) bond motifs is 1. The summed E-state index contributed by atoms with van der Waals surface area (Å²) in [5.74, 6) is -1.02. The summed E-state index contributed by atoms with van der Waals surface area (Å²) < 4.78 is 47.8. The zero-order valence-corrected chi connectivity index (χ0v) is 19.7. The molecular weight excluding hydrogens is 505 g/mol. The number of hydrogen-bond acceptors (Lipinski definition) is 7. The minimum absolute atomic E-state index is 0.00572. The molecule has 3 amide bonds. The number of urea groups is 1. The Hall–Kier alpha value is -3.51. The molecule has 0 saturated carbocycles. The van der Waals surface area contributed by atoms with E-state index in [-0.39, 0.29) is 37.9 Å². The number of ether oxygens (including phenoxy) is 2. The number of amides is 3. The van der Waals surface area contributed by atoms with Crippen LogP contribution in [-0.4, -0.2) is 76.5 Å². The van der Waals surface area contributed by atoms with Gasteiger partial charge in [0, 0.05) is 37.8 Å². The third-order valence-corrected chi connectivity index (χ3v) is 5.86. The lowest BCUT2D eigenvalue weighted by Gasteiger charge is -2.41. The van der Waals surface area contributed by atoms with Crippen molar-refractivity contribution >= 4 is 29.6 Å². The minimum atomic E-state index is -4.88. The Morgan fingerprint density at radius 3 is 2.47 bits per heavy atom. The summed E-state index contributed by atoms with van der Waals surface area (Å²) in [5, 5.41) is 9.70. The summed E-state index contributed by atoms with van der Waals surface area (Å²) in [6, 6.07) is 10.2. The van der Waals surface area contributed by atoms with Crippen molar-refractivity contribution in [3.8, 4) is 11.5 Å². The summed E-state index contributed by atoms with van der Waals surface area (Å²) in [6.45, 7) is -0.0500. The van der Waals surface area contributed by atoms with E-state index in [0.717, 1.165) is 22.6 Å². The molecule has 0 aliphatic carbocycles. The van der Waals surface area contributed by atoms with Crippen molar-refractivity contribution in [1.29, 1.82) is 0 Å². The molecule has 13 heteroatoms. The monoisotopic (exact) mass is 526 g/mol. The van der Waals surface area contributed by atoms with Gasteiger partial charge in [0.05, 0.1) is 0 Å². The number of nitrogens with zero attached hydrogens (tertiary/aromatic N) is 4. The summed E-state index contributed by atoms with van der Waals surface area (Å²) >= 11 is 5.98. The molecule has 0 radical (unpaired) electrons. The maximum absolute atomic E-state index is 13.4. The molecule has 1 N–H and O–H groups in total. The molecule has 1 fully saturated rings. The average molecular weight is 527 g/mol. The predicted octanol–water partition coefficient (Wildman–Crippen LogP) is 3.46. The van der Waals surface area contributed by atoms with E-state index in [2.05, 4.69) is 9.73 Å². The third kappa shape index (κ3) is 5.49. The lowest BCUT2D eigenvalue weighted by atomic mass is 10.1. The largest absolute Gasteiger partial charge is 0.573 e. The van der Waals surface area contributed by atoms with Crippen LogP contribution in [0.1, 0.15) is 12.0 Å². The SMILES string of the molecule is CN1C(=O)N(CCCO)C(=O)C2C1N=C(Oc1cccc(OC(F)(F)F)c1)N2Cc1ccc(Cl)cc1. The van der Waals surface area contributed by atoms with E-state index in [1.54, 1.807) is 29.2 Å². The first-order chi connectivity index (χ1) is 17.1. The smallest absolute Gasteiger partial charge is 0.426 e. The first-order valence-corrected chi connectivity index (χ1v) is 11.3. The number of alkyl halides is 3. The van der Waals surface area contributed by atoms with Crippen LogP contribution in [0.3, 0.4) is 0 Å². The summed E-state index contributed by atoms with van der Waals surface area (Å²) in [4.78, 5) is 34.5. The molecule has 1 saturated heterocycles. The lowest BCUT2D eigenvalue weighted by molar-refractivity contribution is -0.274. The fraction of sp³-hybridized carbons (Fsp3) is 0.348. The molecule has 2 aliphatic heterocycles. The van der Waals surface area contributed by atoms with Crippen LogP contribution in [-0.2, 0) is 11.3 Å². The number of hydrogen-bond donors (Lipinski definition) is 1. The Morgan fingerprint density at radius 1 is 1.11 bits per heavy atom. The van der Waals surface area contributed by atoms with Gasteiger partial charge >= 0.3 is 12.4 Å². The normalized spacial score (nSPS) is 19.9. The van der Waals surface area contributed by atoms with Gasteiger partial charge < -0.3 is 24.4 Å². The van der Waals surface area contributed by atoms with Gasteiger partial charge in [0.25, 0.3) is 11.9 Å². The maximum Gasteiger partial charge on any atom is 0.573 e. The quantitative estimate of drug-likeness (QED) is 0.594. The number of aliphatic hydroxyl groups excluding tert-OH is 1. The minimum Gasteiger partial charge on any atom is -0.426 e. The molecule has 2 unspecified atom stereocenters. The Labute approximate surface area is 209 Å². The highest BCUT2D eigenvalue weighted by Gasteiger charge is 2.52. The Morgan fingerprint density at radius 2 is 1.81 bits per heavy atom. The molecule has 2 aliphatic rings. The van der Waals surface area contributed by atoms with Crippen molar-refractivity contribution in [3.63, 3.8) is 0 Å². The fourth-order valence-electron chi connectivity index (χ4n) is 3.97. The van der Waals surface area contributed by atoms with Crippen LogP contribution in [0.15, 0.2) is 53.5 Å². The zero-order chi connectivity index (χ0) is 26.0. The molecule has 2 aromatic carbocycles. The maximum atomic E-state index is 13.4. The number of aliphatic imine (C=N–C) groups is 1. The number of carbonyl (C=O) groups excluding carboxylic acids is 2. The van der Waals surface area contributed by atoms with Gasteiger partial charge in [-0.15, -0.1) is 13.2 Å². The molecule has 36 heavy (non-hydrogen) atoms. The van der Waals surface area contributed by atoms with Crippen LogP contribution in [0.5, 0.6) is 11.5 Å². The van der Waals surface area contributed by atoms with Crippen molar-refractivity contribution < 1.29 is 37.3 Å². The van der Waals surface area contributed by atoms with E-state index in [4.69, 9.17) is 16.3 Å². The van der Waals surface area contributed by atoms with Crippen molar-refractivity contribution in [2.45, 2.75) is 31.5 Å². The van der Waals surface area contributed by atoms with E-state index in [0.29, 0.717) is 5.02 Å². The molecule has 2 aromatic rings. The standard InChI is InChI=1S/C23H22ClF3N4O5/c1-29-19-18(20(33)30(22(29)34)10-3-11-32)31(13-14-6-8-15(24)9-7-14)21(28-19)35-16-4-2-5-17(12-16)36-23(25,26)27/h2,4-9,12,18-19,32H,3,10-11,13H2,1H3. The second kappa shape index (κ2) is 10.2. The molecule has 0 spiro atoms. The van der Waals surface area contributed by atoms with Crippen LogP contribution in [0.2, 0.25) is 5.02 Å². The molecule has 192 valence electrons. The van der Waals surface area contributed by atoms with Gasteiger partial charge in [0.15, 0.2) is 12.2 Å². The molecule has 2 atom stereocenters. The summed E-state index contributed by atoms with van der Waals surface area (Å²) in [5.41, 5.74) is 0.750. The van der Waals surface area contributed by atoms with E-state index < -0.39 is 36.3 Å². The van der Waals surface area contributed by atoms with E-state index in [9.17, 15) is 27.9 Å². The first-order valence-electron chi connectivity index (χ1n) is 10.9. The number of imide groups is 1. The van der Waals surface area contributed by atoms with Crippen molar-refractivity contribution in [1.82, 2.24) is 14.7 Å². The number of amidine groups is 1. The highest BCUT2D eigenvalue weighted by atomic mass is 35.5. The van der Waals surface area contributed by atoms with Crippen molar-refractivity contribution in [3.05, 3.63) is 59.1 Å². The number of likely N-dealkylation sites (N-methyl/N-ethyl adjacent to an activating group) is 1. The van der Waals surface area contributed by atoms with Crippen LogP contribution in [0, 0.1) is 0 Å². The van der Waals surface area contributed by atoms with E-state index in [1.165, 1.54) is 24.1 Å². The van der Waals surface area contributed by atoms with Crippen molar-refractivity contribution in [2.75, 3.05) is 20.2 Å². The second-order valence-electron chi connectivity index (χ2n) is 8.11. The molecule has 0 bridgehead atoms. The van der Waals surface area contributed by atoms with Gasteiger partial charge in [0.1, 0.15) is 11.5 Å². The van der Waals surface area contributed by atoms with Gasteiger partial charge in [0.2, 0.25) is 0 Å².